The lowest BCUT2D eigenvalue weighted by molar-refractivity contribution is -0.142. The van der Waals surface area contributed by atoms with E-state index in [-0.39, 0.29) is 73.0 Å². The molecule has 1 fully saturated rings. The SMILES string of the molecule is CCOc1cc([C@@H](CS(C)(=O)=O)N2Cc3cccc(NC(=O)C4CC4)c3C2=O)ccc1OC.COC(=O)CC(c1ccc(OC)c(OC)c1)N1Cc2ccccc2C1=O.COc1ccc(C(CC(N)=O)N2Cc3ccccc3C2=O)cc1OC.COc1ccc([C@@H](CC(N)=O)N2Cc3ccccc3C2=O)cc1OC. The molecule has 4 atom stereocenters. The van der Waals surface area contributed by atoms with Crippen molar-refractivity contribution in [1.29, 1.82) is 0 Å². The van der Waals surface area contributed by atoms with E-state index in [4.69, 9.17) is 54.1 Å². The van der Waals surface area contributed by atoms with Crippen LogP contribution in [0.4, 0.5) is 5.69 Å². The van der Waals surface area contributed by atoms with Gasteiger partial charge < -0.3 is 79.0 Å². The van der Waals surface area contributed by atoms with Gasteiger partial charge in [0, 0.05) is 55.0 Å². The monoisotopic (exact) mass is 1510 g/mol. The number of carbonyl (C=O) groups is 8. The Kier molecular flexibility index (Phi) is 25.9. The first kappa shape index (κ1) is 79.4. The summed E-state index contributed by atoms with van der Waals surface area (Å²) >= 11 is 0. The van der Waals surface area contributed by atoms with Crippen LogP contribution in [0.2, 0.25) is 0 Å². The van der Waals surface area contributed by atoms with Crippen LogP contribution in [-0.2, 0) is 59.9 Å². The number of nitrogens with zero attached hydrogens (tertiary/aromatic N) is 4. The highest BCUT2D eigenvalue weighted by molar-refractivity contribution is 7.90. The van der Waals surface area contributed by atoms with Gasteiger partial charge in [0.05, 0.1) is 124 Å². The van der Waals surface area contributed by atoms with E-state index >= 15 is 0 Å². The van der Waals surface area contributed by atoms with Crippen molar-refractivity contribution in [3.63, 3.8) is 0 Å². The topological polar surface area (TPSA) is 331 Å². The lowest BCUT2D eigenvalue weighted by atomic mass is 10.0. The summed E-state index contributed by atoms with van der Waals surface area (Å²) in [5, 5.41) is 2.88. The van der Waals surface area contributed by atoms with Gasteiger partial charge in [-0.1, -0.05) is 91.0 Å². The van der Waals surface area contributed by atoms with E-state index in [1.165, 1.54) is 14.2 Å². The summed E-state index contributed by atoms with van der Waals surface area (Å²) < 4.78 is 72.3. The maximum absolute atomic E-state index is 13.5. The van der Waals surface area contributed by atoms with Crippen molar-refractivity contribution in [2.45, 2.75) is 89.4 Å². The molecule has 27 heteroatoms. The Bertz CT molecular complexity index is 4720. The zero-order chi connectivity index (χ0) is 78.4. The number of hydrogen-bond acceptors (Lipinski definition) is 19. The molecule has 13 rings (SSSR count). The third-order valence-electron chi connectivity index (χ3n) is 19.3. The van der Waals surface area contributed by atoms with Crippen LogP contribution in [0.3, 0.4) is 0 Å². The molecule has 8 aromatic carbocycles. The van der Waals surface area contributed by atoms with E-state index in [0.717, 1.165) is 58.0 Å². The molecular formula is C82H89N7O19S. The van der Waals surface area contributed by atoms with Crippen molar-refractivity contribution < 1.29 is 89.4 Å². The van der Waals surface area contributed by atoms with E-state index in [1.54, 1.807) is 141 Å². The molecule has 8 aromatic rings. The van der Waals surface area contributed by atoms with Gasteiger partial charge in [-0.3, -0.25) is 38.4 Å². The highest BCUT2D eigenvalue weighted by Crippen LogP contribution is 2.44. The average molecular weight is 1510 g/mol. The number of esters is 1. The zero-order valence-corrected chi connectivity index (χ0v) is 63.2. The molecule has 4 aliphatic heterocycles. The third kappa shape index (κ3) is 18.5. The summed E-state index contributed by atoms with van der Waals surface area (Å²) in [6, 6.07) is 46.9. The molecule has 0 radical (unpaired) electrons. The smallest absolute Gasteiger partial charge is 0.307 e. The number of sulfone groups is 1. The molecule has 0 spiro atoms. The highest BCUT2D eigenvalue weighted by Gasteiger charge is 2.41. The van der Waals surface area contributed by atoms with Gasteiger partial charge in [0.1, 0.15) is 9.84 Å². The fourth-order valence-electron chi connectivity index (χ4n) is 13.8. The second kappa shape index (κ2) is 35.5. The summed E-state index contributed by atoms with van der Waals surface area (Å²) in [7, 11) is 8.75. The molecule has 572 valence electrons. The maximum atomic E-state index is 13.5. The zero-order valence-electron chi connectivity index (χ0n) is 62.4. The molecule has 7 amide bonds. The van der Waals surface area contributed by atoms with Crippen LogP contribution in [0, 0.1) is 5.92 Å². The molecule has 1 saturated carbocycles. The molecule has 0 aromatic heterocycles. The number of rotatable bonds is 27. The van der Waals surface area contributed by atoms with Crippen molar-refractivity contribution in [2.24, 2.45) is 17.4 Å². The molecule has 4 heterocycles. The lowest BCUT2D eigenvalue weighted by Gasteiger charge is -2.28. The third-order valence-corrected chi connectivity index (χ3v) is 20.2. The predicted octanol–water partition coefficient (Wildman–Crippen LogP) is 10.7. The molecule has 0 saturated heterocycles. The normalized spacial score (nSPS) is 14.8. The van der Waals surface area contributed by atoms with Crippen LogP contribution in [0.1, 0.15) is 149 Å². The van der Waals surface area contributed by atoms with E-state index in [0.29, 0.717) is 106 Å². The predicted molar refractivity (Wildman–Crippen MR) is 404 cm³/mol. The van der Waals surface area contributed by atoms with Gasteiger partial charge in [-0.25, -0.2) is 8.42 Å². The first-order chi connectivity index (χ1) is 52.4. The number of methoxy groups -OCH3 is 8. The summed E-state index contributed by atoms with van der Waals surface area (Å²) in [5.41, 5.74) is 20.3. The van der Waals surface area contributed by atoms with Gasteiger partial charge in [-0.15, -0.1) is 0 Å². The minimum Gasteiger partial charge on any atom is -0.493 e. The van der Waals surface area contributed by atoms with Crippen LogP contribution >= 0.6 is 0 Å². The Morgan fingerprint density at radius 1 is 0.431 bits per heavy atom. The minimum absolute atomic E-state index is 0.00253. The van der Waals surface area contributed by atoms with Crippen molar-refractivity contribution >= 4 is 62.8 Å². The van der Waals surface area contributed by atoms with Gasteiger partial charge >= 0.3 is 5.97 Å². The molecule has 0 bridgehead atoms. The maximum Gasteiger partial charge on any atom is 0.307 e. The molecule has 26 nitrogen and oxygen atoms in total. The Morgan fingerprint density at radius 2 is 0.771 bits per heavy atom. The Labute approximate surface area is 632 Å². The van der Waals surface area contributed by atoms with Gasteiger partial charge in [0.2, 0.25) is 17.7 Å². The summed E-state index contributed by atoms with van der Waals surface area (Å²) in [6.45, 7) is 3.85. The second-order valence-electron chi connectivity index (χ2n) is 26.3. The van der Waals surface area contributed by atoms with Crippen LogP contribution < -0.4 is 54.7 Å². The van der Waals surface area contributed by atoms with Crippen LogP contribution in [0.15, 0.2) is 164 Å². The van der Waals surface area contributed by atoms with Gasteiger partial charge in [-0.05, 0) is 137 Å². The number of ether oxygens (including phenoxy) is 9. The van der Waals surface area contributed by atoms with E-state index in [2.05, 4.69) is 5.32 Å². The highest BCUT2D eigenvalue weighted by atomic mass is 32.2. The number of amides is 7. The second-order valence-corrected chi connectivity index (χ2v) is 28.5. The van der Waals surface area contributed by atoms with Crippen molar-refractivity contribution in [3.8, 4) is 46.0 Å². The summed E-state index contributed by atoms with van der Waals surface area (Å²) in [6.07, 6.45) is 3.01. The van der Waals surface area contributed by atoms with E-state index in [1.807, 2.05) is 91.9 Å². The Balaban J connectivity index is 0.000000156. The Morgan fingerprint density at radius 3 is 1.12 bits per heavy atom. The number of nitrogens with two attached hydrogens (primary N) is 2. The summed E-state index contributed by atoms with van der Waals surface area (Å²) in [5.74, 6) is 2.15. The molecule has 1 aliphatic carbocycles. The number of hydrogen-bond donors (Lipinski definition) is 3. The molecular weight excluding hydrogens is 1420 g/mol. The van der Waals surface area contributed by atoms with Crippen LogP contribution in [0.5, 0.6) is 46.0 Å². The average Bonchev–Trinajstić information content (AvgIpc) is 1.64. The van der Waals surface area contributed by atoms with Gasteiger partial charge in [0.15, 0.2) is 46.0 Å². The minimum atomic E-state index is -3.43. The molecule has 109 heavy (non-hydrogen) atoms. The standard InChI is InChI=1S/C24H28N2O6S.C20H21NO5.2C19H20N2O4/c1-4-32-21-12-16(10-11-20(21)31-2)19(14-33(3,29)30)26-13-17-6-5-7-18(22(17)24(26)28)25-23(27)15-8-9-15;1-24-17-9-8-13(10-18(17)25-2)16(11-19(22)26-3)21-12-14-6-4-5-7-15(14)20(21)23;2*1-24-16-8-7-12(9-17(16)25-2)15(10-18(20)22)21-11-13-5-3-4-6-14(13)19(21)23/h5-7,10-12,15,19H,4,8-9,13-14H2,1-3H3,(H,25,27);4-10,16H,11-12H2,1-3H3;2*3-9,15H,10-11H2,1-2H3,(H2,20,22)/t19-;;15-;/m1.1./s1. The number of primary amides is 2. The fourth-order valence-corrected chi connectivity index (χ4v) is 14.7. The number of anilines is 1. The number of benzene rings is 8. The van der Waals surface area contributed by atoms with Gasteiger partial charge in [-0.2, -0.15) is 0 Å². The van der Waals surface area contributed by atoms with Crippen molar-refractivity contribution in [2.75, 3.05) is 80.8 Å². The quantitative estimate of drug-likeness (QED) is 0.0403. The fraction of sp³-hybridized carbons (Fsp3) is 0.317. The van der Waals surface area contributed by atoms with E-state index in [9.17, 15) is 46.8 Å². The van der Waals surface area contributed by atoms with Crippen LogP contribution in [-0.4, -0.2) is 151 Å². The number of nitrogens with one attached hydrogen (secondary N) is 1. The first-order valence-corrected chi connectivity index (χ1v) is 37.1. The van der Waals surface area contributed by atoms with Crippen molar-refractivity contribution in [1.82, 2.24) is 19.6 Å². The number of fused-ring (bicyclic) bond motifs is 4. The largest absolute Gasteiger partial charge is 0.493 e. The molecule has 2 unspecified atom stereocenters. The summed E-state index contributed by atoms with van der Waals surface area (Å²) in [4.78, 5) is 106. The first-order valence-electron chi connectivity index (χ1n) is 35.1. The van der Waals surface area contributed by atoms with Crippen LogP contribution in [0.25, 0.3) is 0 Å². The van der Waals surface area contributed by atoms with Gasteiger partial charge in [0.25, 0.3) is 23.6 Å². The molecule has 5 N–H and O–H groups in total. The van der Waals surface area contributed by atoms with Crippen molar-refractivity contribution in [3.05, 3.63) is 231 Å². The van der Waals surface area contributed by atoms with E-state index < -0.39 is 45.8 Å². The number of carbonyl (C=O) groups excluding carboxylic acids is 8. The molecule has 5 aliphatic rings. The Hall–Kier alpha value is -12.1. The lowest BCUT2D eigenvalue weighted by Crippen LogP contribution is -2.34.